The summed E-state index contributed by atoms with van der Waals surface area (Å²) in [6.07, 6.45) is -4.59. The lowest BCUT2D eigenvalue weighted by molar-refractivity contribution is -0.141. The van der Waals surface area contributed by atoms with Gasteiger partial charge < -0.3 is 10.0 Å². The van der Waals surface area contributed by atoms with Gasteiger partial charge in [0, 0.05) is 25.1 Å². The van der Waals surface area contributed by atoms with Crippen LogP contribution in [0.3, 0.4) is 0 Å². The van der Waals surface area contributed by atoms with E-state index >= 15 is 0 Å². The van der Waals surface area contributed by atoms with Crippen LogP contribution in [0.1, 0.15) is 37.0 Å². The number of aliphatic hydroxyl groups is 1. The highest BCUT2D eigenvalue weighted by Crippen LogP contribution is 2.39. The highest BCUT2D eigenvalue weighted by molar-refractivity contribution is 5.93. The topological polar surface area (TPSA) is 58.4 Å². The van der Waals surface area contributed by atoms with Gasteiger partial charge in [0.05, 0.1) is 12.1 Å². The molecule has 0 radical (unpaired) electrons. The summed E-state index contributed by atoms with van der Waals surface area (Å²) >= 11 is 0. The Balaban J connectivity index is 2.29. The van der Waals surface area contributed by atoms with Crippen molar-refractivity contribution >= 4 is 5.91 Å². The molecule has 1 fully saturated rings. The van der Waals surface area contributed by atoms with Crippen LogP contribution in [-0.4, -0.2) is 44.4 Å². The molecule has 0 aliphatic carbocycles. The van der Waals surface area contributed by atoms with Crippen molar-refractivity contribution in [2.45, 2.75) is 32.5 Å². The second-order valence-corrected chi connectivity index (χ2v) is 6.36. The van der Waals surface area contributed by atoms with E-state index < -0.39 is 28.8 Å². The number of aryl methyl sites for hydroxylation is 1. The molecule has 1 aliphatic heterocycles. The molecule has 118 valence electrons. The van der Waals surface area contributed by atoms with Crippen molar-refractivity contribution in [3.63, 3.8) is 0 Å². The SMILES string of the molecule is Cn1nc(C(F)(F)F)cc1C(=O)N1CC(C)(C)[C@@](C)(O)C1. The van der Waals surface area contributed by atoms with Crippen molar-refractivity contribution in [3.05, 3.63) is 17.5 Å². The average molecular weight is 305 g/mol. The van der Waals surface area contributed by atoms with E-state index in [1.165, 1.54) is 11.9 Å². The molecular weight excluding hydrogens is 287 g/mol. The zero-order valence-corrected chi connectivity index (χ0v) is 12.3. The maximum Gasteiger partial charge on any atom is 0.435 e. The number of amides is 1. The lowest BCUT2D eigenvalue weighted by Gasteiger charge is -2.30. The van der Waals surface area contributed by atoms with Gasteiger partial charge in [-0.2, -0.15) is 18.3 Å². The highest BCUT2D eigenvalue weighted by atomic mass is 19.4. The molecule has 2 rings (SSSR count). The Hall–Kier alpha value is -1.57. The largest absolute Gasteiger partial charge is 0.435 e. The van der Waals surface area contributed by atoms with Crippen molar-refractivity contribution in [1.82, 2.24) is 14.7 Å². The molecule has 1 aromatic rings. The van der Waals surface area contributed by atoms with E-state index in [0.29, 0.717) is 0 Å². The molecule has 0 aromatic carbocycles. The number of hydrogen-bond acceptors (Lipinski definition) is 3. The second-order valence-electron chi connectivity index (χ2n) is 6.36. The maximum atomic E-state index is 12.6. The Morgan fingerprint density at radius 1 is 1.33 bits per heavy atom. The van der Waals surface area contributed by atoms with Crippen molar-refractivity contribution in [1.29, 1.82) is 0 Å². The molecular formula is C13H18F3N3O2. The van der Waals surface area contributed by atoms with Crippen LogP contribution in [0.4, 0.5) is 13.2 Å². The van der Waals surface area contributed by atoms with Gasteiger partial charge in [0.1, 0.15) is 5.69 Å². The summed E-state index contributed by atoms with van der Waals surface area (Å²) in [5.41, 5.74) is -2.86. The number of rotatable bonds is 1. The molecule has 1 aromatic heterocycles. The first kappa shape index (κ1) is 15.8. The van der Waals surface area contributed by atoms with Crippen LogP contribution in [0.25, 0.3) is 0 Å². The minimum atomic E-state index is -4.59. The van der Waals surface area contributed by atoms with E-state index in [2.05, 4.69) is 5.10 Å². The molecule has 1 saturated heterocycles. The third-order valence-corrected chi connectivity index (χ3v) is 4.22. The quantitative estimate of drug-likeness (QED) is 0.858. The molecule has 1 aliphatic rings. The van der Waals surface area contributed by atoms with Crippen molar-refractivity contribution in [2.75, 3.05) is 13.1 Å². The van der Waals surface area contributed by atoms with Crippen LogP contribution in [0.5, 0.6) is 0 Å². The van der Waals surface area contributed by atoms with Gasteiger partial charge in [-0.3, -0.25) is 9.48 Å². The van der Waals surface area contributed by atoms with Crippen molar-refractivity contribution in [3.8, 4) is 0 Å². The van der Waals surface area contributed by atoms with Crippen LogP contribution in [-0.2, 0) is 13.2 Å². The lowest BCUT2D eigenvalue weighted by atomic mass is 9.79. The molecule has 0 bridgehead atoms. The smallest absolute Gasteiger partial charge is 0.388 e. The summed E-state index contributed by atoms with van der Waals surface area (Å²) in [6, 6.07) is 0.738. The molecule has 1 amide bonds. The number of aromatic nitrogens is 2. The van der Waals surface area contributed by atoms with Crippen LogP contribution >= 0.6 is 0 Å². The monoisotopic (exact) mass is 305 g/mol. The third kappa shape index (κ3) is 2.64. The van der Waals surface area contributed by atoms with E-state index in [4.69, 9.17) is 0 Å². The van der Waals surface area contributed by atoms with E-state index in [1.54, 1.807) is 6.92 Å². The Labute approximate surface area is 120 Å². The number of β-amino-alcohol motifs (C(OH)–C–C–N with tert-alkyl or cyclic N) is 1. The van der Waals surface area contributed by atoms with Crippen molar-refractivity contribution in [2.24, 2.45) is 12.5 Å². The molecule has 21 heavy (non-hydrogen) atoms. The Bertz CT molecular complexity index is 560. The van der Waals surface area contributed by atoms with Gasteiger partial charge in [-0.25, -0.2) is 0 Å². The van der Waals surface area contributed by atoms with Gasteiger partial charge in [-0.05, 0) is 6.92 Å². The van der Waals surface area contributed by atoms with Crippen LogP contribution < -0.4 is 0 Å². The Kier molecular flexibility index (Phi) is 3.36. The number of likely N-dealkylation sites (tertiary alicyclic amines) is 1. The highest BCUT2D eigenvalue weighted by Gasteiger charge is 2.49. The molecule has 0 unspecified atom stereocenters. The van der Waals surface area contributed by atoms with Gasteiger partial charge in [0.15, 0.2) is 5.69 Å². The van der Waals surface area contributed by atoms with Crippen molar-refractivity contribution < 1.29 is 23.1 Å². The van der Waals surface area contributed by atoms with Gasteiger partial charge in [0.2, 0.25) is 0 Å². The number of halogens is 3. The average Bonchev–Trinajstić information content (AvgIpc) is 2.76. The molecule has 1 N–H and O–H groups in total. The lowest BCUT2D eigenvalue weighted by Crippen LogP contribution is -2.40. The second kappa shape index (κ2) is 4.46. The fourth-order valence-corrected chi connectivity index (χ4v) is 2.40. The zero-order chi connectivity index (χ0) is 16.2. The first-order valence-corrected chi connectivity index (χ1v) is 6.48. The number of nitrogens with zero attached hydrogens (tertiary/aromatic N) is 3. The summed E-state index contributed by atoms with van der Waals surface area (Å²) in [7, 11) is 1.29. The summed E-state index contributed by atoms with van der Waals surface area (Å²) in [4.78, 5) is 13.7. The van der Waals surface area contributed by atoms with Gasteiger partial charge in [-0.15, -0.1) is 0 Å². The van der Waals surface area contributed by atoms with Crippen LogP contribution in [0, 0.1) is 5.41 Å². The number of hydrogen-bond donors (Lipinski definition) is 1. The predicted octanol–water partition coefficient (Wildman–Crippen LogP) is 1.67. The molecule has 5 nitrogen and oxygen atoms in total. The third-order valence-electron chi connectivity index (χ3n) is 4.22. The summed E-state index contributed by atoms with van der Waals surface area (Å²) in [6.45, 7) is 5.58. The first-order chi connectivity index (χ1) is 9.35. The standard InChI is InChI=1S/C13H18F3N3O2/c1-11(2)6-19(7-12(11,3)21)10(20)8-5-9(13(14,15)16)17-18(8)4/h5,21H,6-7H2,1-4H3/t12-/m0/s1. The van der Waals surface area contributed by atoms with Gasteiger partial charge >= 0.3 is 6.18 Å². The van der Waals surface area contributed by atoms with E-state index in [0.717, 1.165) is 10.7 Å². The zero-order valence-electron chi connectivity index (χ0n) is 12.3. The fourth-order valence-electron chi connectivity index (χ4n) is 2.40. The summed E-state index contributed by atoms with van der Waals surface area (Å²) in [5.74, 6) is -0.564. The normalized spacial score (nSPS) is 25.4. The van der Waals surface area contributed by atoms with Gasteiger partial charge in [-0.1, -0.05) is 13.8 Å². The molecule has 1 atom stereocenters. The van der Waals surface area contributed by atoms with Crippen LogP contribution in [0.15, 0.2) is 6.07 Å². The molecule has 2 heterocycles. The van der Waals surface area contributed by atoms with Crippen LogP contribution in [0.2, 0.25) is 0 Å². The van der Waals surface area contributed by atoms with E-state index in [1.807, 2.05) is 13.8 Å². The number of alkyl halides is 3. The Morgan fingerprint density at radius 3 is 2.29 bits per heavy atom. The minimum Gasteiger partial charge on any atom is -0.388 e. The number of carbonyl (C=O) groups is 1. The molecule has 0 spiro atoms. The summed E-state index contributed by atoms with van der Waals surface area (Å²) in [5, 5.41) is 13.6. The van der Waals surface area contributed by atoms with E-state index in [9.17, 15) is 23.1 Å². The molecule has 8 heteroatoms. The molecule has 0 saturated carbocycles. The Morgan fingerprint density at radius 2 is 1.90 bits per heavy atom. The summed E-state index contributed by atoms with van der Waals surface area (Å²) < 4.78 is 38.8. The van der Waals surface area contributed by atoms with E-state index in [-0.39, 0.29) is 18.8 Å². The maximum absolute atomic E-state index is 12.6. The predicted molar refractivity (Wildman–Crippen MR) is 68.5 cm³/mol. The number of carbonyl (C=O) groups excluding carboxylic acids is 1. The van der Waals surface area contributed by atoms with Gasteiger partial charge in [0.25, 0.3) is 5.91 Å². The fraction of sp³-hybridized carbons (Fsp3) is 0.692. The minimum absolute atomic E-state index is 0.0748. The first-order valence-electron chi connectivity index (χ1n) is 6.48.